The molecule has 0 bridgehead atoms. The van der Waals surface area contributed by atoms with Gasteiger partial charge >= 0.3 is 0 Å². The molecule has 15 heavy (non-hydrogen) atoms. The number of rotatable bonds is 3. The summed E-state index contributed by atoms with van der Waals surface area (Å²) in [4.78, 5) is 12.0. The van der Waals surface area contributed by atoms with E-state index in [2.05, 4.69) is 15.0 Å². The zero-order chi connectivity index (χ0) is 10.5. The molecular formula is C11H12N4. The smallest absolute Gasteiger partial charge is 0.115 e. The molecule has 0 aliphatic rings. The van der Waals surface area contributed by atoms with Gasteiger partial charge in [-0.2, -0.15) is 0 Å². The summed E-state index contributed by atoms with van der Waals surface area (Å²) in [6, 6.07) is 5.65. The minimum atomic E-state index is -0.0998. The van der Waals surface area contributed by atoms with Crippen LogP contribution in [-0.4, -0.2) is 15.0 Å². The van der Waals surface area contributed by atoms with Gasteiger partial charge in [0.15, 0.2) is 0 Å². The summed E-state index contributed by atoms with van der Waals surface area (Å²) >= 11 is 0. The fraction of sp³-hybridized carbons (Fsp3) is 0.182. The van der Waals surface area contributed by atoms with Crippen LogP contribution in [-0.2, 0) is 6.42 Å². The average molecular weight is 200 g/mol. The van der Waals surface area contributed by atoms with E-state index in [9.17, 15) is 0 Å². The summed E-state index contributed by atoms with van der Waals surface area (Å²) in [6.45, 7) is 0. The van der Waals surface area contributed by atoms with Crippen molar-refractivity contribution < 1.29 is 0 Å². The normalized spacial score (nSPS) is 12.3. The molecule has 2 heterocycles. The highest BCUT2D eigenvalue weighted by Crippen LogP contribution is 2.11. The maximum Gasteiger partial charge on any atom is 0.115 e. The maximum absolute atomic E-state index is 6.01. The van der Waals surface area contributed by atoms with Crippen molar-refractivity contribution in [2.75, 3.05) is 0 Å². The van der Waals surface area contributed by atoms with Crippen molar-refractivity contribution in [1.82, 2.24) is 15.0 Å². The minimum Gasteiger partial charge on any atom is -0.322 e. The van der Waals surface area contributed by atoms with Gasteiger partial charge in [-0.25, -0.2) is 9.97 Å². The summed E-state index contributed by atoms with van der Waals surface area (Å²) in [5, 5.41) is 0. The van der Waals surface area contributed by atoms with Gasteiger partial charge in [0.25, 0.3) is 0 Å². The van der Waals surface area contributed by atoms with E-state index in [0.29, 0.717) is 0 Å². The Morgan fingerprint density at radius 2 is 2.13 bits per heavy atom. The summed E-state index contributed by atoms with van der Waals surface area (Å²) < 4.78 is 0. The summed E-state index contributed by atoms with van der Waals surface area (Å²) in [5.74, 6) is 0. The van der Waals surface area contributed by atoms with Gasteiger partial charge in [-0.15, -0.1) is 0 Å². The van der Waals surface area contributed by atoms with Crippen LogP contribution in [0.25, 0.3) is 0 Å². The van der Waals surface area contributed by atoms with E-state index in [1.807, 2.05) is 24.4 Å². The number of nitrogens with zero attached hydrogens (tertiary/aromatic N) is 3. The molecule has 0 amide bonds. The molecule has 0 radical (unpaired) electrons. The molecule has 1 atom stereocenters. The summed E-state index contributed by atoms with van der Waals surface area (Å²) in [7, 11) is 0. The Labute approximate surface area is 88.2 Å². The summed E-state index contributed by atoms with van der Waals surface area (Å²) in [6.07, 6.45) is 7.52. The Balaban J connectivity index is 2.08. The Kier molecular flexibility index (Phi) is 2.99. The maximum atomic E-state index is 6.01. The highest BCUT2D eigenvalue weighted by Gasteiger charge is 2.07. The van der Waals surface area contributed by atoms with E-state index in [-0.39, 0.29) is 6.04 Å². The third-order valence-electron chi connectivity index (χ3n) is 2.16. The van der Waals surface area contributed by atoms with Crippen molar-refractivity contribution in [3.8, 4) is 0 Å². The van der Waals surface area contributed by atoms with Crippen LogP contribution in [0.3, 0.4) is 0 Å². The Morgan fingerprint density at radius 3 is 2.80 bits per heavy atom. The molecule has 4 heteroatoms. The third kappa shape index (κ3) is 2.57. The predicted octanol–water partition coefficient (Wildman–Crippen LogP) is 1.11. The lowest BCUT2D eigenvalue weighted by Crippen LogP contribution is -2.14. The fourth-order valence-corrected chi connectivity index (χ4v) is 1.40. The first-order valence-electron chi connectivity index (χ1n) is 4.76. The molecule has 0 spiro atoms. The van der Waals surface area contributed by atoms with Crippen molar-refractivity contribution in [1.29, 1.82) is 0 Å². The predicted molar refractivity (Wildman–Crippen MR) is 56.9 cm³/mol. The molecular weight excluding hydrogens is 188 g/mol. The first-order chi connectivity index (χ1) is 7.36. The molecule has 0 aliphatic heterocycles. The largest absolute Gasteiger partial charge is 0.322 e. The van der Waals surface area contributed by atoms with Gasteiger partial charge in [0.1, 0.15) is 6.33 Å². The molecule has 2 aromatic heterocycles. The van der Waals surface area contributed by atoms with E-state index in [1.54, 1.807) is 12.4 Å². The third-order valence-corrected chi connectivity index (χ3v) is 2.16. The fourth-order valence-electron chi connectivity index (χ4n) is 1.40. The molecule has 0 aromatic carbocycles. The second-order valence-corrected chi connectivity index (χ2v) is 3.31. The quantitative estimate of drug-likeness (QED) is 0.806. The van der Waals surface area contributed by atoms with Gasteiger partial charge in [0, 0.05) is 18.6 Å². The highest BCUT2D eigenvalue weighted by atomic mass is 14.8. The number of hydrogen-bond donors (Lipinski definition) is 1. The van der Waals surface area contributed by atoms with Crippen LogP contribution in [0.2, 0.25) is 0 Å². The SMILES string of the molecule is NC(Cc1cccnc1)c1ccncn1. The molecule has 4 nitrogen and oxygen atoms in total. The van der Waals surface area contributed by atoms with Gasteiger partial charge in [-0.3, -0.25) is 4.98 Å². The van der Waals surface area contributed by atoms with Crippen molar-refractivity contribution in [2.24, 2.45) is 5.73 Å². The molecule has 0 aliphatic carbocycles. The molecule has 0 saturated carbocycles. The molecule has 2 N–H and O–H groups in total. The lowest BCUT2D eigenvalue weighted by molar-refractivity contribution is 0.691. The first kappa shape index (κ1) is 9.73. The number of pyridine rings is 1. The first-order valence-corrected chi connectivity index (χ1v) is 4.76. The van der Waals surface area contributed by atoms with Gasteiger partial charge in [-0.1, -0.05) is 6.07 Å². The van der Waals surface area contributed by atoms with E-state index in [1.165, 1.54) is 6.33 Å². The highest BCUT2D eigenvalue weighted by molar-refractivity contribution is 5.14. The lowest BCUT2D eigenvalue weighted by atomic mass is 10.1. The van der Waals surface area contributed by atoms with Crippen LogP contribution in [0.5, 0.6) is 0 Å². The standard InChI is InChI=1S/C11H12N4/c12-10(11-3-5-14-8-15-11)6-9-2-1-4-13-7-9/h1-5,7-8,10H,6,12H2. The molecule has 1 unspecified atom stereocenters. The van der Waals surface area contributed by atoms with Crippen LogP contribution in [0.4, 0.5) is 0 Å². The number of aromatic nitrogens is 3. The van der Waals surface area contributed by atoms with Gasteiger partial charge < -0.3 is 5.73 Å². The lowest BCUT2D eigenvalue weighted by Gasteiger charge is -2.09. The van der Waals surface area contributed by atoms with E-state index >= 15 is 0 Å². The van der Waals surface area contributed by atoms with Crippen LogP contribution in [0.15, 0.2) is 43.1 Å². The molecule has 2 rings (SSSR count). The van der Waals surface area contributed by atoms with Gasteiger partial charge in [0.05, 0.1) is 11.7 Å². The topological polar surface area (TPSA) is 64.7 Å². The second-order valence-electron chi connectivity index (χ2n) is 3.31. The van der Waals surface area contributed by atoms with Crippen molar-refractivity contribution in [2.45, 2.75) is 12.5 Å². The van der Waals surface area contributed by atoms with E-state index in [4.69, 9.17) is 5.73 Å². The zero-order valence-electron chi connectivity index (χ0n) is 8.24. The zero-order valence-corrected chi connectivity index (χ0v) is 8.24. The number of hydrogen-bond acceptors (Lipinski definition) is 4. The van der Waals surface area contributed by atoms with E-state index in [0.717, 1.165) is 17.7 Å². The van der Waals surface area contributed by atoms with Crippen LogP contribution in [0.1, 0.15) is 17.3 Å². The number of nitrogens with two attached hydrogens (primary N) is 1. The van der Waals surface area contributed by atoms with Crippen molar-refractivity contribution >= 4 is 0 Å². The van der Waals surface area contributed by atoms with E-state index < -0.39 is 0 Å². The monoisotopic (exact) mass is 200 g/mol. The second kappa shape index (κ2) is 4.61. The van der Waals surface area contributed by atoms with Crippen LogP contribution < -0.4 is 5.73 Å². The van der Waals surface area contributed by atoms with Crippen molar-refractivity contribution in [3.05, 3.63) is 54.4 Å². The Bertz CT molecular complexity index is 401. The van der Waals surface area contributed by atoms with Crippen LogP contribution >= 0.6 is 0 Å². The van der Waals surface area contributed by atoms with Gasteiger partial charge in [-0.05, 0) is 24.1 Å². The minimum absolute atomic E-state index is 0.0998. The molecule has 76 valence electrons. The van der Waals surface area contributed by atoms with Crippen molar-refractivity contribution in [3.63, 3.8) is 0 Å². The molecule has 0 saturated heterocycles. The average Bonchev–Trinajstić information content (AvgIpc) is 2.31. The van der Waals surface area contributed by atoms with Crippen LogP contribution in [0, 0.1) is 0 Å². The Hall–Kier alpha value is -1.81. The molecule has 0 fully saturated rings. The molecule has 2 aromatic rings. The summed E-state index contributed by atoms with van der Waals surface area (Å²) in [5.41, 5.74) is 7.98. The Morgan fingerprint density at radius 1 is 1.20 bits per heavy atom. The van der Waals surface area contributed by atoms with Gasteiger partial charge in [0.2, 0.25) is 0 Å².